The van der Waals surface area contributed by atoms with Crippen molar-refractivity contribution in [3.8, 4) is 0 Å². The molecule has 0 radical (unpaired) electrons. The first kappa shape index (κ1) is 11.9. The SMILES string of the molecule is Cc1ccc(C(N)Cc2ncnn2C(C)C)o1. The van der Waals surface area contributed by atoms with Crippen molar-refractivity contribution in [3.05, 3.63) is 35.8 Å². The molecule has 2 aromatic heterocycles. The standard InChI is InChI=1S/C12H18N4O/c1-8(2)16-12(14-7-15-16)6-10(13)11-5-4-9(3)17-11/h4-5,7-8,10H,6,13H2,1-3H3. The molecule has 2 aromatic rings. The quantitative estimate of drug-likeness (QED) is 0.878. The van der Waals surface area contributed by atoms with Gasteiger partial charge in [0.25, 0.3) is 0 Å². The zero-order valence-corrected chi connectivity index (χ0v) is 10.4. The van der Waals surface area contributed by atoms with Gasteiger partial charge in [-0.3, -0.25) is 0 Å². The number of rotatable bonds is 4. The Morgan fingerprint density at radius 3 is 2.76 bits per heavy atom. The lowest BCUT2D eigenvalue weighted by Crippen LogP contribution is -2.17. The highest BCUT2D eigenvalue weighted by molar-refractivity contribution is 5.11. The van der Waals surface area contributed by atoms with Crippen molar-refractivity contribution in [1.82, 2.24) is 14.8 Å². The van der Waals surface area contributed by atoms with E-state index in [-0.39, 0.29) is 12.1 Å². The maximum absolute atomic E-state index is 6.09. The van der Waals surface area contributed by atoms with Crippen molar-refractivity contribution in [2.75, 3.05) is 0 Å². The molecule has 2 N–H and O–H groups in total. The molecule has 17 heavy (non-hydrogen) atoms. The summed E-state index contributed by atoms with van der Waals surface area (Å²) >= 11 is 0. The Bertz CT molecular complexity index is 486. The van der Waals surface area contributed by atoms with Crippen LogP contribution in [-0.2, 0) is 6.42 Å². The minimum atomic E-state index is -0.176. The Labute approximate surface area is 101 Å². The summed E-state index contributed by atoms with van der Waals surface area (Å²) in [6, 6.07) is 3.95. The summed E-state index contributed by atoms with van der Waals surface area (Å²) in [5.74, 6) is 2.56. The number of nitrogens with two attached hydrogens (primary N) is 1. The van der Waals surface area contributed by atoms with E-state index in [2.05, 4.69) is 23.9 Å². The number of hydrogen-bond donors (Lipinski definition) is 1. The van der Waals surface area contributed by atoms with Crippen molar-refractivity contribution < 1.29 is 4.42 Å². The van der Waals surface area contributed by atoms with Gasteiger partial charge < -0.3 is 10.2 Å². The average molecular weight is 234 g/mol. The van der Waals surface area contributed by atoms with E-state index in [4.69, 9.17) is 10.2 Å². The van der Waals surface area contributed by atoms with E-state index < -0.39 is 0 Å². The predicted molar refractivity (Wildman–Crippen MR) is 64.5 cm³/mol. The molecule has 0 aromatic carbocycles. The number of hydrogen-bond acceptors (Lipinski definition) is 4. The molecule has 92 valence electrons. The van der Waals surface area contributed by atoms with Crippen molar-refractivity contribution in [3.63, 3.8) is 0 Å². The molecule has 0 spiro atoms. The summed E-state index contributed by atoms with van der Waals surface area (Å²) in [6.07, 6.45) is 2.20. The molecule has 1 unspecified atom stereocenters. The zero-order valence-electron chi connectivity index (χ0n) is 10.4. The summed E-state index contributed by atoms with van der Waals surface area (Å²) in [5.41, 5.74) is 6.09. The second-order valence-corrected chi connectivity index (χ2v) is 4.47. The molecule has 0 fully saturated rings. The van der Waals surface area contributed by atoms with Crippen molar-refractivity contribution >= 4 is 0 Å². The van der Waals surface area contributed by atoms with Crippen LogP contribution in [0.1, 0.15) is 43.3 Å². The molecule has 0 saturated carbocycles. The molecule has 1 atom stereocenters. The molecule has 2 heterocycles. The highest BCUT2D eigenvalue weighted by Crippen LogP contribution is 2.18. The van der Waals surface area contributed by atoms with Crippen LogP contribution in [-0.4, -0.2) is 14.8 Å². The molecule has 0 amide bonds. The van der Waals surface area contributed by atoms with Gasteiger partial charge in [0.1, 0.15) is 23.7 Å². The topological polar surface area (TPSA) is 69.9 Å². The highest BCUT2D eigenvalue weighted by atomic mass is 16.3. The summed E-state index contributed by atoms with van der Waals surface area (Å²) in [7, 11) is 0. The van der Waals surface area contributed by atoms with Gasteiger partial charge in [0, 0.05) is 12.5 Å². The van der Waals surface area contributed by atoms with Crippen LogP contribution in [0.2, 0.25) is 0 Å². The lowest BCUT2D eigenvalue weighted by Gasteiger charge is -2.12. The molecule has 0 saturated heterocycles. The molecular weight excluding hydrogens is 216 g/mol. The van der Waals surface area contributed by atoms with Crippen molar-refractivity contribution in [1.29, 1.82) is 0 Å². The number of aryl methyl sites for hydroxylation is 1. The van der Waals surface area contributed by atoms with E-state index in [0.29, 0.717) is 6.42 Å². The third kappa shape index (κ3) is 2.55. The van der Waals surface area contributed by atoms with Crippen LogP contribution in [0.5, 0.6) is 0 Å². The van der Waals surface area contributed by atoms with E-state index in [9.17, 15) is 0 Å². The van der Waals surface area contributed by atoms with Crippen LogP contribution in [0, 0.1) is 6.92 Å². The van der Waals surface area contributed by atoms with Crippen LogP contribution in [0.4, 0.5) is 0 Å². The van der Waals surface area contributed by atoms with E-state index in [1.807, 2.05) is 23.7 Å². The Hall–Kier alpha value is -1.62. The first-order valence-corrected chi connectivity index (χ1v) is 5.78. The molecule has 0 aliphatic heterocycles. The Kier molecular flexibility index (Phi) is 3.28. The zero-order chi connectivity index (χ0) is 12.4. The van der Waals surface area contributed by atoms with Gasteiger partial charge in [-0.2, -0.15) is 5.10 Å². The van der Waals surface area contributed by atoms with Gasteiger partial charge in [0.15, 0.2) is 0 Å². The van der Waals surface area contributed by atoms with E-state index >= 15 is 0 Å². The van der Waals surface area contributed by atoms with Crippen LogP contribution in [0.15, 0.2) is 22.9 Å². The van der Waals surface area contributed by atoms with Crippen molar-refractivity contribution in [2.45, 2.75) is 39.3 Å². The average Bonchev–Trinajstić information content (AvgIpc) is 2.86. The lowest BCUT2D eigenvalue weighted by atomic mass is 10.1. The number of aromatic nitrogens is 3. The molecule has 0 aliphatic carbocycles. The Morgan fingerprint density at radius 1 is 1.41 bits per heavy atom. The van der Waals surface area contributed by atoms with Crippen LogP contribution in [0.3, 0.4) is 0 Å². The second kappa shape index (κ2) is 4.71. The molecule has 0 bridgehead atoms. The summed E-state index contributed by atoms with van der Waals surface area (Å²) in [6.45, 7) is 6.05. The van der Waals surface area contributed by atoms with Gasteiger partial charge in [-0.05, 0) is 32.9 Å². The summed E-state index contributed by atoms with van der Waals surface area (Å²) < 4.78 is 7.40. The largest absolute Gasteiger partial charge is 0.465 e. The fraction of sp³-hybridized carbons (Fsp3) is 0.500. The maximum Gasteiger partial charge on any atom is 0.138 e. The number of furan rings is 1. The van der Waals surface area contributed by atoms with E-state index in [1.165, 1.54) is 0 Å². The molecular formula is C12H18N4O. The molecule has 0 aliphatic rings. The third-order valence-electron chi connectivity index (χ3n) is 2.67. The van der Waals surface area contributed by atoms with Crippen LogP contribution >= 0.6 is 0 Å². The summed E-state index contributed by atoms with van der Waals surface area (Å²) in [5, 5.41) is 4.19. The van der Waals surface area contributed by atoms with Gasteiger partial charge in [-0.25, -0.2) is 9.67 Å². The van der Waals surface area contributed by atoms with Gasteiger partial charge in [-0.15, -0.1) is 0 Å². The Balaban J connectivity index is 2.13. The minimum absolute atomic E-state index is 0.176. The fourth-order valence-corrected chi connectivity index (χ4v) is 1.80. The first-order valence-electron chi connectivity index (χ1n) is 5.78. The summed E-state index contributed by atoms with van der Waals surface area (Å²) in [4.78, 5) is 4.24. The normalized spacial score (nSPS) is 13.2. The third-order valence-corrected chi connectivity index (χ3v) is 2.67. The predicted octanol–water partition coefficient (Wildman–Crippen LogP) is 2.00. The molecule has 5 heteroatoms. The second-order valence-electron chi connectivity index (χ2n) is 4.47. The van der Waals surface area contributed by atoms with Crippen LogP contribution < -0.4 is 5.73 Å². The van der Waals surface area contributed by atoms with Gasteiger partial charge in [0.2, 0.25) is 0 Å². The van der Waals surface area contributed by atoms with Gasteiger partial charge in [0.05, 0.1) is 6.04 Å². The smallest absolute Gasteiger partial charge is 0.138 e. The van der Waals surface area contributed by atoms with Crippen LogP contribution in [0.25, 0.3) is 0 Å². The Morgan fingerprint density at radius 2 is 2.18 bits per heavy atom. The maximum atomic E-state index is 6.09. The van der Waals surface area contributed by atoms with Gasteiger partial charge >= 0.3 is 0 Å². The lowest BCUT2D eigenvalue weighted by molar-refractivity contribution is 0.429. The first-order chi connectivity index (χ1) is 8.08. The number of nitrogens with zero attached hydrogens (tertiary/aromatic N) is 3. The van der Waals surface area contributed by atoms with Crippen molar-refractivity contribution in [2.24, 2.45) is 5.73 Å². The molecule has 5 nitrogen and oxygen atoms in total. The van der Waals surface area contributed by atoms with Gasteiger partial charge in [-0.1, -0.05) is 0 Å². The minimum Gasteiger partial charge on any atom is -0.465 e. The van der Waals surface area contributed by atoms with E-state index in [0.717, 1.165) is 17.3 Å². The fourth-order valence-electron chi connectivity index (χ4n) is 1.80. The monoisotopic (exact) mass is 234 g/mol. The highest BCUT2D eigenvalue weighted by Gasteiger charge is 2.15. The van der Waals surface area contributed by atoms with E-state index in [1.54, 1.807) is 6.33 Å². The molecule has 2 rings (SSSR count).